The molecule has 2 aromatic heterocycles. The number of piperidine rings is 1. The quantitative estimate of drug-likeness (QED) is 0.600. The molecule has 170 valence electrons. The molecule has 3 aromatic rings. The number of methoxy groups -OCH3 is 1. The second-order valence-corrected chi connectivity index (χ2v) is 9.45. The summed E-state index contributed by atoms with van der Waals surface area (Å²) in [5.41, 5.74) is 1.97. The van der Waals surface area contributed by atoms with E-state index in [1.165, 1.54) is 11.3 Å². The van der Waals surface area contributed by atoms with Gasteiger partial charge in [-0.25, -0.2) is 4.98 Å². The van der Waals surface area contributed by atoms with Crippen LogP contribution in [-0.2, 0) is 16.1 Å². The van der Waals surface area contributed by atoms with Crippen LogP contribution in [0.1, 0.15) is 28.8 Å². The summed E-state index contributed by atoms with van der Waals surface area (Å²) in [4.78, 5) is 9.99. The minimum Gasteiger partial charge on any atom is -0.386 e. The van der Waals surface area contributed by atoms with Crippen LogP contribution in [0.5, 0.6) is 0 Å². The highest BCUT2D eigenvalue weighted by Gasteiger charge is 2.30. The number of rotatable bonds is 6. The molecule has 5 rings (SSSR count). The Morgan fingerprint density at radius 1 is 1.22 bits per heavy atom. The maximum atomic E-state index is 11.0. The van der Waals surface area contributed by atoms with Gasteiger partial charge >= 0.3 is 0 Å². The summed E-state index contributed by atoms with van der Waals surface area (Å²) in [5.74, 6) is 0.919. The number of ether oxygens (including phenoxy) is 2. The van der Waals surface area contributed by atoms with Gasteiger partial charge in [-0.1, -0.05) is 0 Å². The molecule has 2 atom stereocenters. The molecule has 4 heterocycles. The number of aromatic nitrogens is 4. The molecule has 10 heteroatoms. The molecule has 2 aliphatic rings. The first-order chi connectivity index (χ1) is 15.7. The van der Waals surface area contributed by atoms with Crippen molar-refractivity contribution in [3.8, 4) is 0 Å². The average molecular weight is 457 g/mol. The Balaban J connectivity index is 1.35. The molecule has 1 aromatic carbocycles. The predicted octanol–water partition coefficient (Wildman–Crippen LogP) is 2.41. The Kier molecular flexibility index (Phi) is 6.44. The first kappa shape index (κ1) is 21.4. The van der Waals surface area contributed by atoms with Gasteiger partial charge in [-0.05, 0) is 36.3 Å². The lowest BCUT2D eigenvalue weighted by atomic mass is 9.92. The highest BCUT2D eigenvalue weighted by molar-refractivity contribution is 7.11. The lowest BCUT2D eigenvalue weighted by Crippen LogP contribution is -2.38. The Labute approximate surface area is 191 Å². The van der Waals surface area contributed by atoms with E-state index in [1.54, 1.807) is 13.3 Å². The molecule has 0 spiro atoms. The number of aliphatic hydroxyl groups excluding tert-OH is 1. The lowest BCUT2D eigenvalue weighted by Gasteiger charge is -2.35. The molecular weight excluding hydrogens is 428 g/mol. The third-order valence-electron chi connectivity index (χ3n) is 6.21. The summed E-state index contributed by atoms with van der Waals surface area (Å²) < 4.78 is 10.6. The first-order valence-corrected chi connectivity index (χ1v) is 11.9. The van der Waals surface area contributed by atoms with Gasteiger partial charge in [0.2, 0.25) is 0 Å². The van der Waals surface area contributed by atoms with Crippen LogP contribution >= 0.6 is 11.3 Å². The fourth-order valence-electron chi connectivity index (χ4n) is 4.54. The van der Waals surface area contributed by atoms with Gasteiger partial charge < -0.3 is 24.4 Å². The fourth-order valence-corrected chi connectivity index (χ4v) is 5.51. The van der Waals surface area contributed by atoms with E-state index in [1.807, 2.05) is 0 Å². The number of thiazole rings is 1. The zero-order chi connectivity index (χ0) is 21.9. The molecule has 0 aliphatic carbocycles. The van der Waals surface area contributed by atoms with Crippen LogP contribution in [-0.4, -0.2) is 72.0 Å². The van der Waals surface area contributed by atoms with E-state index in [9.17, 15) is 5.11 Å². The first-order valence-electron chi connectivity index (χ1n) is 11.1. The molecule has 2 aliphatic heterocycles. The minimum atomic E-state index is -0.595. The Bertz CT molecular complexity index is 1060. The Morgan fingerprint density at radius 2 is 2.09 bits per heavy atom. The molecule has 0 radical (unpaired) electrons. The fraction of sp³-hybridized carbons (Fsp3) is 0.545. The molecular formula is C22H28N6O3S. The van der Waals surface area contributed by atoms with Crippen molar-refractivity contribution in [3.63, 3.8) is 0 Å². The van der Waals surface area contributed by atoms with Gasteiger partial charge in [0.1, 0.15) is 16.6 Å². The molecule has 2 saturated heterocycles. The number of benzene rings is 1. The summed E-state index contributed by atoms with van der Waals surface area (Å²) in [6.45, 7) is 5.36. The Morgan fingerprint density at radius 3 is 2.94 bits per heavy atom. The zero-order valence-electron chi connectivity index (χ0n) is 18.2. The van der Waals surface area contributed by atoms with Gasteiger partial charge in [-0.15, -0.1) is 21.5 Å². The number of hydrogen-bond donors (Lipinski definition) is 1. The average Bonchev–Trinajstić information content (AvgIpc) is 3.32. The van der Waals surface area contributed by atoms with Crippen LogP contribution in [0.4, 0.5) is 11.5 Å². The molecule has 0 unspecified atom stereocenters. The van der Waals surface area contributed by atoms with Crippen LogP contribution < -0.4 is 9.80 Å². The van der Waals surface area contributed by atoms with E-state index >= 15 is 0 Å². The zero-order valence-corrected chi connectivity index (χ0v) is 19.0. The van der Waals surface area contributed by atoms with Crippen LogP contribution in [0.25, 0.3) is 10.9 Å². The standard InChI is InChI=1S/C22H28N6O3S/c1-30-14-17-12-23-22(32-17)20(29)15-3-2-6-28(13-15)21-18-5-4-16(11-19(18)24-26-25-21)27-7-9-31-10-8-27/h4-5,11-12,15,20,29H,2-3,6-10,13-14H2,1H3/t15-,20-/m0/s1. The van der Waals surface area contributed by atoms with E-state index < -0.39 is 6.10 Å². The van der Waals surface area contributed by atoms with Crippen molar-refractivity contribution in [2.75, 3.05) is 56.3 Å². The lowest BCUT2D eigenvalue weighted by molar-refractivity contribution is 0.0977. The summed E-state index contributed by atoms with van der Waals surface area (Å²) in [6.07, 6.45) is 3.13. The number of fused-ring (bicyclic) bond motifs is 1. The molecule has 0 bridgehead atoms. The number of morpholine rings is 1. The normalized spacial score (nSPS) is 20.6. The Hall–Kier alpha value is -2.40. The number of aliphatic hydroxyl groups is 1. The van der Waals surface area contributed by atoms with Crippen LogP contribution in [0, 0.1) is 5.92 Å². The van der Waals surface area contributed by atoms with Crippen molar-refractivity contribution in [1.82, 2.24) is 20.4 Å². The predicted molar refractivity (Wildman–Crippen MR) is 123 cm³/mol. The summed E-state index contributed by atoms with van der Waals surface area (Å²) in [5, 5.41) is 25.5. The van der Waals surface area contributed by atoms with E-state index in [0.717, 1.165) is 78.0 Å². The van der Waals surface area contributed by atoms with Gasteiger partial charge in [0.05, 0.1) is 24.7 Å². The van der Waals surface area contributed by atoms with Crippen molar-refractivity contribution in [1.29, 1.82) is 0 Å². The molecule has 0 amide bonds. The molecule has 32 heavy (non-hydrogen) atoms. The topological polar surface area (TPSA) is 96.7 Å². The third-order valence-corrected chi connectivity index (χ3v) is 7.25. The van der Waals surface area contributed by atoms with E-state index in [2.05, 4.69) is 48.4 Å². The highest BCUT2D eigenvalue weighted by Crippen LogP contribution is 2.35. The van der Waals surface area contributed by atoms with Crippen LogP contribution in [0.15, 0.2) is 24.4 Å². The second kappa shape index (κ2) is 9.62. The molecule has 9 nitrogen and oxygen atoms in total. The number of nitrogens with zero attached hydrogens (tertiary/aromatic N) is 6. The van der Waals surface area contributed by atoms with Gasteiger partial charge in [0.25, 0.3) is 0 Å². The van der Waals surface area contributed by atoms with Crippen molar-refractivity contribution in [2.24, 2.45) is 5.92 Å². The van der Waals surface area contributed by atoms with Gasteiger partial charge in [0, 0.05) is 56.5 Å². The van der Waals surface area contributed by atoms with Crippen molar-refractivity contribution >= 4 is 33.7 Å². The molecule has 2 fully saturated rings. The second-order valence-electron chi connectivity index (χ2n) is 8.30. The highest BCUT2D eigenvalue weighted by atomic mass is 32.1. The number of hydrogen-bond acceptors (Lipinski definition) is 10. The maximum absolute atomic E-state index is 11.0. The summed E-state index contributed by atoms with van der Waals surface area (Å²) in [7, 11) is 1.67. The van der Waals surface area contributed by atoms with Crippen molar-refractivity contribution in [2.45, 2.75) is 25.6 Å². The van der Waals surface area contributed by atoms with Gasteiger partial charge in [-0.3, -0.25) is 0 Å². The van der Waals surface area contributed by atoms with E-state index in [0.29, 0.717) is 13.2 Å². The largest absolute Gasteiger partial charge is 0.386 e. The van der Waals surface area contributed by atoms with Gasteiger partial charge in [-0.2, -0.15) is 0 Å². The maximum Gasteiger partial charge on any atom is 0.162 e. The van der Waals surface area contributed by atoms with Crippen molar-refractivity contribution < 1.29 is 14.6 Å². The van der Waals surface area contributed by atoms with E-state index in [4.69, 9.17) is 9.47 Å². The minimum absolute atomic E-state index is 0.0860. The van der Waals surface area contributed by atoms with E-state index in [-0.39, 0.29) is 5.92 Å². The monoisotopic (exact) mass is 456 g/mol. The molecule has 1 N–H and O–H groups in total. The van der Waals surface area contributed by atoms with Gasteiger partial charge in [0.15, 0.2) is 5.82 Å². The van der Waals surface area contributed by atoms with Crippen LogP contribution in [0.3, 0.4) is 0 Å². The van der Waals surface area contributed by atoms with Crippen molar-refractivity contribution in [3.05, 3.63) is 34.3 Å². The van der Waals surface area contributed by atoms with Crippen LogP contribution in [0.2, 0.25) is 0 Å². The SMILES string of the molecule is COCc1cnc([C@@H](O)[C@H]2CCCN(c3nnnc4cc(N5CCOCC5)ccc34)C2)s1. The summed E-state index contributed by atoms with van der Waals surface area (Å²) in [6, 6.07) is 6.31. The summed E-state index contributed by atoms with van der Waals surface area (Å²) >= 11 is 1.52. The number of anilines is 2. The smallest absolute Gasteiger partial charge is 0.162 e. The molecule has 0 saturated carbocycles. The third kappa shape index (κ3) is 4.40.